The maximum Gasteiger partial charge on any atom is 0.317 e. The fraction of sp³-hybridized carbons (Fsp3) is 0.714. The van der Waals surface area contributed by atoms with Crippen molar-refractivity contribution in [2.24, 2.45) is 0 Å². The first-order chi connectivity index (χ1) is 19.6. The number of hydrogen-bond donors (Lipinski definition) is 0. The van der Waals surface area contributed by atoms with Gasteiger partial charge in [-0.1, -0.05) is 101 Å². The van der Waals surface area contributed by atoms with Gasteiger partial charge >= 0.3 is 11.9 Å². The Balaban J connectivity index is 1.26. The van der Waals surface area contributed by atoms with Crippen molar-refractivity contribution in [3.8, 4) is 0 Å². The van der Waals surface area contributed by atoms with E-state index in [9.17, 15) is 9.59 Å². The van der Waals surface area contributed by atoms with Crippen LogP contribution >= 0.6 is 0 Å². The summed E-state index contributed by atoms with van der Waals surface area (Å²) in [5, 5.41) is 0. The second-order valence-electron chi connectivity index (χ2n) is 12.1. The average Bonchev–Trinajstić information content (AvgIpc) is 3.15. The number of carbonyl (C=O) groups excluding carboxylic acids is 2. The molecule has 1 aromatic carbocycles. The van der Waals surface area contributed by atoms with Crippen LogP contribution in [0.5, 0.6) is 0 Å². The molecule has 0 aliphatic carbocycles. The molecule has 1 unspecified atom stereocenters. The van der Waals surface area contributed by atoms with Gasteiger partial charge in [-0.2, -0.15) is 0 Å². The Kier molecular flexibility index (Phi) is 15.4. The zero-order valence-corrected chi connectivity index (χ0v) is 25.4. The Hall–Kier alpha value is -2.14. The molecule has 40 heavy (non-hydrogen) atoms. The van der Waals surface area contributed by atoms with Crippen LogP contribution in [-0.4, -0.2) is 48.7 Å². The van der Waals surface area contributed by atoms with Crippen molar-refractivity contribution in [3.05, 3.63) is 48.0 Å². The number of hydrogen-bond acceptors (Lipinski definition) is 5. The standard InChI is InChI=1S/C35H55NO4/c1-3-4-5-6-7-8-9-10-11-12-13-14-15-16-20-23-34(37)39-28-33(29-21-18-17-19-22-29)35(38)40-32-26-30-24-25-31(27-32)36(30)2/h10-11,17-19,21-22,30-33H,3-9,12-16,20,23-28H2,1-2H3/b11-10-/t30-,31+,32+,33?. The van der Waals surface area contributed by atoms with Gasteiger partial charge in [0.05, 0.1) is 0 Å². The molecular weight excluding hydrogens is 498 g/mol. The zero-order chi connectivity index (χ0) is 28.4. The molecular formula is C35H55NO4. The molecule has 0 spiro atoms. The summed E-state index contributed by atoms with van der Waals surface area (Å²) < 4.78 is 11.6. The minimum atomic E-state index is -0.573. The number of carbonyl (C=O) groups is 2. The summed E-state index contributed by atoms with van der Waals surface area (Å²) in [4.78, 5) is 28.1. The number of unbranched alkanes of at least 4 members (excludes halogenated alkanes) is 11. The number of allylic oxidation sites excluding steroid dienone is 2. The fourth-order valence-corrected chi connectivity index (χ4v) is 6.28. The van der Waals surface area contributed by atoms with Gasteiger partial charge in [0, 0.05) is 18.5 Å². The van der Waals surface area contributed by atoms with Crippen molar-refractivity contribution in [2.45, 2.75) is 147 Å². The van der Waals surface area contributed by atoms with E-state index < -0.39 is 5.92 Å². The van der Waals surface area contributed by atoms with E-state index >= 15 is 0 Å². The molecule has 2 aliphatic heterocycles. The molecule has 2 bridgehead atoms. The van der Waals surface area contributed by atoms with Gasteiger partial charge in [-0.3, -0.25) is 9.59 Å². The number of piperidine rings is 1. The summed E-state index contributed by atoms with van der Waals surface area (Å²) in [7, 11) is 2.18. The van der Waals surface area contributed by atoms with Crippen LogP contribution < -0.4 is 0 Å². The van der Waals surface area contributed by atoms with Crippen molar-refractivity contribution < 1.29 is 19.1 Å². The molecule has 2 aliphatic rings. The van der Waals surface area contributed by atoms with Crippen LogP contribution in [0.25, 0.3) is 0 Å². The quantitative estimate of drug-likeness (QED) is 0.0920. The van der Waals surface area contributed by atoms with Crippen LogP contribution in [0.15, 0.2) is 42.5 Å². The molecule has 0 saturated carbocycles. The van der Waals surface area contributed by atoms with Crippen LogP contribution in [0.1, 0.15) is 134 Å². The van der Waals surface area contributed by atoms with Gasteiger partial charge < -0.3 is 14.4 Å². The van der Waals surface area contributed by atoms with E-state index in [4.69, 9.17) is 9.47 Å². The molecule has 5 heteroatoms. The number of fused-ring (bicyclic) bond motifs is 2. The third kappa shape index (κ3) is 11.8. The highest BCUT2D eigenvalue weighted by molar-refractivity contribution is 5.79. The van der Waals surface area contributed by atoms with Crippen LogP contribution in [0.2, 0.25) is 0 Å². The number of ether oxygens (including phenoxy) is 2. The molecule has 2 fully saturated rings. The molecule has 3 rings (SSSR count). The highest BCUT2D eigenvalue weighted by atomic mass is 16.6. The first-order valence-corrected chi connectivity index (χ1v) is 16.4. The maximum absolute atomic E-state index is 13.2. The van der Waals surface area contributed by atoms with E-state index in [1.54, 1.807) is 0 Å². The Morgan fingerprint density at radius 2 is 1.43 bits per heavy atom. The highest BCUT2D eigenvalue weighted by Crippen LogP contribution is 2.36. The lowest BCUT2D eigenvalue weighted by Crippen LogP contribution is -2.44. The van der Waals surface area contributed by atoms with Gasteiger partial charge in [-0.05, 0) is 70.4 Å². The van der Waals surface area contributed by atoms with Crippen molar-refractivity contribution in [3.63, 3.8) is 0 Å². The molecule has 5 nitrogen and oxygen atoms in total. The molecule has 0 amide bonds. The minimum Gasteiger partial charge on any atom is -0.464 e. The number of benzene rings is 1. The van der Waals surface area contributed by atoms with Crippen LogP contribution in [0.4, 0.5) is 0 Å². The van der Waals surface area contributed by atoms with Crippen molar-refractivity contribution in [2.75, 3.05) is 13.7 Å². The summed E-state index contributed by atoms with van der Waals surface area (Å²) in [6.45, 7) is 2.31. The SMILES string of the molecule is CCCCCCCC/C=C\CCCCCCCC(=O)OCC(C(=O)O[C@H]1C[C@H]2CC[C@@H](C1)N2C)c1ccccc1. The largest absolute Gasteiger partial charge is 0.464 e. The smallest absolute Gasteiger partial charge is 0.317 e. The summed E-state index contributed by atoms with van der Waals surface area (Å²) in [5.41, 5.74) is 0.845. The third-order valence-corrected chi connectivity index (χ3v) is 8.88. The first-order valence-electron chi connectivity index (χ1n) is 16.4. The fourth-order valence-electron chi connectivity index (χ4n) is 6.28. The maximum atomic E-state index is 13.2. The van der Waals surface area contributed by atoms with Gasteiger partial charge in [0.15, 0.2) is 0 Å². The van der Waals surface area contributed by atoms with Crippen molar-refractivity contribution >= 4 is 11.9 Å². The molecule has 2 saturated heterocycles. The van der Waals surface area contributed by atoms with Gasteiger partial charge in [0.2, 0.25) is 0 Å². The molecule has 0 aromatic heterocycles. The molecule has 2 heterocycles. The normalized spacial score (nSPS) is 21.5. The van der Waals surface area contributed by atoms with Gasteiger partial charge in [-0.15, -0.1) is 0 Å². The lowest BCUT2D eigenvalue weighted by molar-refractivity contribution is -0.158. The predicted octanol–water partition coefficient (Wildman–Crippen LogP) is 8.52. The van der Waals surface area contributed by atoms with Gasteiger partial charge in [-0.25, -0.2) is 0 Å². The monoisotopic (exact) mass is 553 g/mol. The van der Waals surface area contributed by atoms with Crippen molar-refractivity contribution in [1.82, 2.24) is 4.90 Å². The Bertz CT molecular complexity index is 855. The summed E-state index contributed by atoms with van der Waals surface area (Å²) in [6.07, 6.45) is 25.2. The van der Waals surface area contributed by atoms with Gasteiger partial charge in [0.1, 0.15) is 18.6 Å². The average molecular weight is 554 g/mol. The molecule has 224 valence electrons. The van der Waals surface area contributed by atoms with Crippen LogP contribution in [-0.2, 0) is 19.1 Å². The number of esters is 2. The van der Waals surface area contributed by atoms with E-state index in [0.29, 0.717) is 18.5 Å². The molecule has 4 atom stereocenters. The Labute approximate surface area is 244 Å². The molecule has 0 N–H and O–H groups in total. The summed E-state index contributed by atoms with van der Waals surface area (Å²) >= 11 is 0. The lowest BCUT2D eigenvalue weighted by atomic mass is 9.98. The van der Waals surface area contributed by atoms with Crippen molar-refractivity contribution in [1.29, 1.82) is 0 Å². The second-order valence-corrected chi connectivity index (χ2v) is 12.1. The Morgan fingerprint density at radius 3 is 2.05 bits per heavy atom. The first kappa shape index (κ1) is 32.4. The minimum absolute atomic E-state index is 0.0427. The topological polar surface area (TPSA) is 55.8 Å². The lowest BCUT2D eigenvalue weighted by Gasteiger charge is -2.36. The van der Waals surface area contributed by atoms with Gasteiger partial charge in [0.25, 0.3) is 0 Å². The summed E-state index contributed by atoms with van der Waals surface area (Å²) in [6, 6.07) is 10.6. The van der Waals surface area contributed by atoms with Crippen LogP contribution in [0, 0.1) is 0 Å². The van der Waals surface area contributed by atoms with Crippen LogP contribution in [0.3, 0.4) is 0 Å². The third-order valence-electron chi connectivity index (χ3n) is 8.88. The summed E-state index contributed by atoms with van der Waals surface area (Å²) in [5.74, 6) is -1.06. The predicted molar refractivity (Wildman–Crippen MR) is 163 cm³/mol. The number of rotatable bonds is 20. The number of nitrogens with zero attached hydrogens (tertiary/aromatic N) is 1. The van der Waals surface area contributed by atoms with E-state index in [2.05, 4.69) is 31.0 Å². The second kappa shape index (κ2) is 19.1. The van der Waals surface area contributed by atoms with E-state index in [-0.39, 0.29) is 24.6 Å². The van der Waals surface area contributed by atoms with E-state index in [0.717, 1.165) is 44.1 Å². The zero-order valence-electron chi connectivity index (χ0n) is 25.4. The molecule has 1 aromatic rings. The van der Waals surface area contributed by atoms with E-state index in [1.165, 1.54) is 70.6 Å². The molecule has 0 radical (unpaired) electrons. The highest BCUT2D eigenvalue weighted by Gasteiger charge is 2.40. The van der Waals surface area contributed by atoms with E-state index in [1.807, 2.05) is 30.3 Å². The Morgan fingerprint density at radius 1 is 0.850 bits per heavy atom.